The summed E-state index contributed by atoms with van der Waals surface area (Å²) in [6.07, 6.45) is 4.38. The van der Waals surface area contributed by atoms with Gasteiger partial charge in [0.2, 0.25) is 5.95 Å². The van der Waals surface area contributed by atoms with Gasteiger partial charge in [0.05, 0.1) is 23.3 Å². The summed E-state index contributed by atoms with van der Waals surface area (Å²) in [4.78, 5) is 21.6. The molecular formula is C17H18BrN5O2. The van der Waals surface area contributed by atoms with E-state index >= 15 is 0 Å². The maximum absolute atomic E-state index is 12.7. The second-order valence-electron chi connectivity index (χ2n) is 5.45. The molecule has 2 aromatic heterocycles. The molecule has 0 radical (unpaired) electrons. The van der Waals surface area contributed by atoms with Crippen molar-refractivity contribution in [2.24, 2.45) is 0 Å². The molecule has 0 fully saturated rings. The molecular weight excluding hydrogens is 386 g/mol. The molecule has 0 bridgehead atoms. The van der Waals surface area contributed by atoms with E-state index in [4.69, 9.17) is 4.74 Å². The van der Waals surface area contributed by atoms with E-state index in [0.717, 1.165) is 23.7 Å². The quantitative estimate of drug-likeness (QED) is 0.680. The summed E-state index contributed by atoms with van der Waals surface area (Å²) < 4.78 is 7.51. The van der Waals surface area contributed by atoms with Crippen LogP contribution in [0.5, 0.6) is 5.75 Å². The van der Waals surface area contributed by atoms with Gasteiger partial charge in [-0.2, -0.15) is 14.6 Å². The van der Waals surface area contributed by atoms with Crippen LogP contribution in [-0.2, 0) is 6.42 Å². The van der Waals surface area contributed by atoms with Gasteiger partial charge in [0, 0.05) is 6.42 Å². The van der Waals surface area contributed by atoms with E-state index < -0.39 is 0 Å². The summed E-state index contributed by atoms with van der Waals surface area (Å²) in [6.45, 7) is 2.11. The number of nitrogens with one attached hydrogen (secondary N) is 1. The number of nitrogens with zero attached hydrogens (tertiary/aromatic N) is 4. The number of hydrogen-bond donors (Lipinski definition) is 1. The molecule has 3 aromatic rings. The standard InChI is InChI=1S/C17H18BrN5O2/c1-3-4-9-14-20-15-12(18)10-19-23(15)17(21-14)22-16(24)11-7-5-6-8-13(11)25-2/h5-8,10H,3-4,9H2,1-2H3,(H,20,21,22,24). The average Bonchev–Trinajstić information content (AvgIpc) is 3.01. The van der Waals surface area contributed by atoms with Crippen molar-refractivity contribution in [3.8, 4) is 5.75 Å². The van der Waals surface area contributed by atoms with E-state index in [1.54, 1.807) is 24.4 Å². The van der Waals surface area contributed by atoms with Gasteiger partial charge in [0.15, 0.2) is 5.65 Å². The summed E-state index contributed by atoms with van der Waals surface area (Å²) in [5.41, 5.74) is 1.05. The van der Waals surface area contributed by atoms with E-state index in [9.17, 15) is 4.79 Å². The third kappa shape index (κ3) is 3.63. The van der Waals surface area contributed by atoms with Crippen molar-refractivity contribution in [3.63, 3.8) is 0 Å². The van der Waals surface area contributed by atoms with Crippen LogP contribution in [0.15, 0.2) is 34.9 Å². The second-order valence-corrected chi connectivity index (χ2v) is 6.30. The van der Waals surface area contributed by atoms with E-state index in [1.807, 2.05) is 6.07 Å². The SMILES string of the molecule is CCCCc1nc(NC(=O)c2ccccc2OC)n2ncc(Br)c2n1. The maximum Gasteiger partial charge on any atom is 0.261 e. The Kier molecular flexibility index (Phi) is 5.28. The first kappa shape index (κ1) is 17.3. The Labute approximate surface area is 153 Å². The molecule has 8 heteroatoms. The Bertz CT molecular complexity index is 909. The van der Waals surface area contributed by atoms with Crippen LogP contribution in [0.2, 0.25) is 0 Å². The molecule has 3 rings (SSSR count). The Morgan fingerprint density at radius 3 is 2.88 bits per heavy atom. The maximum atomic E-state index is 12.7. The number of amides is 1. The minimum absolute atomic E-state index is 0.314. The fourth-order valence-electron chi connectivity index (χ4n) is 2.42. The number of unbranched alkanes of at least 4 members (excludes halogenated alkanes) is 1. The Balaban J connectivity index is 1.98. The highest BCUT2D eigenvalue weighted by Crippen LogP contribution is 2.21. The lowest BCUT2D eigenvalue weighted by Crippen LogP contribution is -2.18. The van der Waals surface area contributed by atoms with Gasteiger partial charge in [-0.1, -0.05) is 25.5 Å². The fraction of sp³-hybridized carbons (Fsp3) is 0.294. The van der Waals surface area contributed by atoms with Gasteiger partial charge in [0.1, 0.15) is 11.6 Å². The molecule has 0 aliphatic rings. The lowest BCUT2D eigenvalue weighted by molar-refractivity contribution is 0.102. The molecule has 1 N–H and O–H groups in total. The van der Waals surface area contributed by atoms with E-state index in [2.05, 4.69) is 43.2 Å². The number of halogens is 1. The Morgan fingerprint density at radius 1 is 1.32 bits per heavy atom. The number of aryl methyl sites for hydroxylation is 1. The number of para-hydroxylation sites is 1. The molecule has 0 unspecified atom stereocenters. The highest BCUT2D eigenvalue weighted by molar-refractivity contribution is 9.10. The third-order valence-electron chi connectivity index (χ3n) is 3.70. The first-order chi connectivity index (χ1) is 12.1. The second kappa shape index (κ2) is 7.60. The molecule has 0 aliphatic heterocycles. The molecule has 0 atom stereocenters. The summed E-state index contributed by atoms with van der Waals surface area (Å²) in [6, 6.07) is 7.03. The molecule has 130 valence electrons. The van der Waals surface area contributed by atoms with Crippen molar-refractivity contribution in [1.29, 1.82) is 0 Å². The molecule has 1 amide bonds. The van der Waals surface area contributed by atoms with Crippen LogP contribution in [0.1, 0.15) is 35.9 Å². The number of carbonyl (C=O) groups is 1. The van der Waals surface area contributed by atoms with Crippen molar-refractivity contribution in [2.75, 3.05) is 12.4 Å². The lowest BCUT2D eigenvalue weighted by Gasteiger charge is -2.10. The predicted octanol–water partition coefficient (Wildman–Crippen LogP) is 3.49. The number of anilines is 1. The van der Waals surface area contributed by atoms with Gasteiger partial charge >= 0.3 is 0 Å². The van der Waals surface area contributed by atoms with Crippen molar-refractivity contribution in [1.82, 2.24) is 19.6 Å². The van der Waals surface area contributed by atoms with Gasteiger partial charge in [-0.3, -0.25) is 10.1 Å². The number of aromatic nitrogens is 4. The van der Waals surface area contributed by atoms with E-state index in [1.165, 1.54) is 11.6 Å². The summed E-state index contributed by atoms with van der Waals surface area (Å²) >= 11 is 3.43. The first-order valence-electron chi connectivity index (χ1n) is 7.98. The molecule has 0 aliphatic carbocycles. The highest BCUT2D eigenvalue weighted by Gasteiger charge is 2.17. The van der Waals surface area contributed by atoms with Crippen LogP contribution < -0.4 is 10.1 Å². The van der Waals surface area contributed by atoms with Crippen molar-refractivity contribution < 1.29 is 9.53 Å². The Hall–Kier alpha value is -2.48. The smallest absolute Gasteiger partial charge is 0.261 e. The van der Waals surface area contributed by atoms with Crippen molar-refractivity contribution in [2.45, 2.75) is 26.2 Å². The summed E-state index contributed by atoms with van der Waals surface area (Å²) in [5, 5.41) is 7.04. The number of rotatable bonds is 6. The minimum Gasteiger partial charge on any atom is -0.496 e. The average molecular weight is 404 g/mol. The minimum atomic E-state index is -0.314. The molecule has 1 aromatic carbocycles. The van der Waals surface area contributed by atoms with Crippen LogP contribution in [-0.4, -0.2) is 32.6 Å². The molecule has 0 saturated heterocycles. The van der Waals surface area contributed by atoms with E-state index in [0.29, 0.717) is 28.7 Å². The van der Waals surface area contributed by atoms with Crippen LogP contribution in [0.3, 0.4) is 0 Å². The zero-order valence-corrected chi connectivity index (χ0v) is 15.6. The van der Waals surface area contributed by atoms with Crippen molar-refractivity contribution in [3.05, 3.63) is 46.3 Å². The monoisotopic (exact) mass is 403 g/mol. The topological polar surface area (TPSA) is 81.4 Å². The molecule has 0 saturated carbocycles. The normalized spacial score (nSPS) is 10.8. The number of fused-ring (bicyclic) bond motifs is 1. The number of carbonyl (C=O) groups excluding carboxylic acids is 1. The van der Waals surface area contributed by atoms with Crippen LogP contribution in [0.25, 0.3) is 5.65 Å². The summed E-state index contributed by atoms with van der Waals surface area (Å²) in [7, 11) is 1.53. The molecule has 2 heterocycles. The highest BCUT2D eigenvalue weighted by atomic mass is 79.9. The van der Waals surface area contributed by atoms with E-state index in [-0.39, 0.29) is 5.91 Å². The third-order valence-corrected chi connectivity index (χ3v) is 4.26. The summed E-state index contributed by atoms with van der Waals surface area (Å²) in [5.74, 6) is 1.19. The first-order valence-corrected chi connectivity index (χ1v) is 8.78. The van der Waals surface area contributed by atoms with Crippen LogP contribution >= 0.6 is 15.9 Å². The molecule has 7 nitrogen and oxygen atoms in total. The van der Waals surface area contributed by atoms with Gasteiger partial charge < -0.3 is 4.74 Å². The zero-order chi connectivity index (χ0) is 17.8. The number of ether oxygens (including phenoxy) is 1. The van der Waals surface area contributed by atoms with Crippen LogP contribution in [0, 0.1) is 0 Å². The number of methoxy groups -OCH3 is 1. The molecule has 25 heavy (non-hydrogen) atoms. The molecule has 0 spiro atoms. The number of hydrogen-bond acceptors (Lipinski definition) is 5. The Morgan fingerprint density at radius 2 is 2.12 bits per heavy atom. The zero-order valence-electron chi connectivity index (χ0n) is 14.0. The fourth-order valence-corrected chi connectivity index (χ4v) is 2.77. The largest absolute Gasteiger partial charge is 0.496 e. The van der Waals surface area contributed by atoms with Crippen molar-refractivity contribution >= 4 is 33.4 Å². The van der Waals surface area contributed by atoms with Crippen LogP contribution in [0.4, 0.5) is 5.95 Å². The number of benzene rings is 1. The van der Waals surface area contributed by atoms with Gasteiger partial charge in [-0.25, -0.2) is 4.98 Å². The van der Waals surface area contributed by atoms with Gasteiger partial charge in [-0.15, -0.1) is 0 Å². The van der Waals surface area contributed by atoms with Gasteiger partial charge in [-0.05, 0) is 34.5 Å². The lowest BCUT2D eigenvalue weighted by atomic mass is 10.2. The predicted molar refractivity (Wildman–Crippen MR) is 98.0 cm³/mol. The van der Waals surface area contributed by atoms with Gasteiger partial charge in [0.25, 0.3) is 5.91 Å².